The lowest BCUT2D eigenvalue weighted by Crippen LogP contribution is -2.37. The van der Waals surface area contributed by atoms with Crippen molar-refractivity contribution in [2.45, 2.75) is 30.1 Å². The van der Waals surface area contributed by atoms with Crippen LogP contribution in [0.5, 0.6) is 0 Å². The Balaban J connectivity index is 2.00. The summed E-state index contributed by atoms with van der Waals surface area (Å²) < 4.78 is 0.989. The summed E-state index contributed by atoms with van der Waals surface area (Å²) in [7, 11) is 0. The molecule has 1 aliphatic rings. The number of hydrogen-bond donors (Lipinski definition) is 1. The number of halogens is 2. The standard InChI is InChI=1S/C12H13Br2NO/c13-9-6-4-8(5-7-9)12(16)15-11-3-1-2-10(11)14/h4-7,10-11H,1-3H2,(H,15,16). The number of nitrogens with one attached hydrogen (secondary N) is 1. The molecule has 0 saturated heterocycles. The van der Waals surface area contributed by atoms with Gasteiger partial charge in [0.1, 0.15) is 0 Å². The number of carbonyl (C=O) groups excluding carboxylic acids is 1. The van der Waals surface area contributed by atoms with E-state index < -0.39 is 0 Å². The number of amides is 1. The van der Waals surface area contributed by atoms with Crippen LogP contribution in [0.1, 0.15) is 29.6 Å². The molecule has 2 unspecified atom stereocenters. The molecule has 1 fully saturated rings. The van der Waals surface area contributed by atoms with E-state index in [1.165, 1.54) is 6.42 Å². The second-order valence-corrected chi connectivity index (χ2v) is 6.13. The van der Waals surface area contributed by atoms with Gasteiger partial charge in [0.2, 0.25) is 0 Å². The zero-order valence-corrected chi connectivity index (χ0v) is 11.9. The Kier molecular flexibility index (Phi) is 4.03. The normalized spacial score (nSPS) is 24.4. The Morgan fingerprint density at radius 3 is 2.50 bits per heavy atom. The van der Waals surface area contributed by atoms with Crippen molar-refractivity contribution in [3.8, 4) is 0 Å². The molecule has 2 nitrogen and oxygen atoms in total. The third-order valence-electron chi connectivity index (χ3n) is 2.85. The molecule has 1 aromatic rings. The van der Waals surface area contributed by atoms with Crippen molar-refractivity contribution < 1.29 is 4.79 Å². The third-order valence-corrected chi connectivity index (χ3v) is 4.48. The lowest BCUT2D eigenvalue weighted by molar-refractivity contribution is 0.0939. The molecule has 2 rings (SSSR count). The fourth-order valence-corrected chi connectivity index (χ4v) is 2.91. The summed E-state index contributed by atoms with van der Waals surface area (Å²) in [6.45, 7) is 0. The van der Waals surface area contributed by atoms with Crippen LogP contribution in [-0.4, -0.2) is 16.8 Å². The molecule has 1 aliphatic carbocycles. The maximum absolute atomic E-state index is 11.9. The number of carbonyl (C=O) groups is 1. The first-order valence-corrected chi connectivity index (χ1v) is 7.08. The van der Waals surface area contributed by atoms with Crippen LogP contribution in [0.3, 0.4) is 0 Å². The van der Waals surface area contributed by atoms with E-state index in [1.807, 2.05) is 24.3 Å². The van der Waals surface area contributed by atoms with Gasteiger partial charge in [-0.25, -0.2) is 0 Å². The van der Waals surface area contributed by atoms with Crippen LogP contribution in [0.25, 0.3) is 0 Å². The molecule has 0 aromatic heterocycles. The van der Waals surface area contributed by atoms with Crippen LogP contribution in [0.2, 0.25) is 0 Å². The van der Waals surface area contributed by atoms with Crippen LogP contribution >= 0.6 is 31.9 Å². The molecular weight excluding hydrogens is 334 g/mol. The fourth-order valence-electron chi connectivity index (χ4n) is 1.93. The minimum Gasteiger partial charge on any atom is -0.348 e. The molecular formula is C12H13Br2NO. The summed E-state index contributed by atoms with van der Waals surface area (Å²) in [6, 6.07) is 7.70. The van der Waals surface area contributed by atoms with E-state index in [0.717, 1.165) is 22.9 Å². The smallest absolute Gasteiger partial charge is 0.251 e. The Morgan fingerprint density at radius 1 is 1.25 bits per heavy atom. The van der Waals surface area contributed by atoms with Gasteiger partial charge in [0.25, 0.3) is 5.91 Å². The molecule has 16 heavy (non-hydrogen) atoms. The van der Waals surface area contributed by atoms with E-state index in [4.69, 9.17) is 0 Å². The summed E-state index contributed by atoms with van der Waals surface area (Å²) in [6.07, 6.45) is 3.39. The molecule has 1 N–H and O–H groups in total. The monoisotopic (exact) mass is 345 g/mol. The lowest BCUT2D eigenvalue weighted by Gasteiger charge is -2.16. The number of alkyl halides is 1. The number of rotatable bonds is 2. The summed E-state index contributed by atoms with van der Waals surface area (Å²) in [4.78, 5) is 12.3. The molecule has 0 bridgehead atoms. The topological polar surface area (TPSA) is 29.1 Å². The van der Waals surface area contributed by atoms with Crippen molar-refractivity contribution in [1.29, 1.82) is 0 Å². The summed E-state index contributed by atoms with van der Waals surface area (Å²) >= 11 is 6.95. The van der Waals surface area contributed by atoms with Gasteiger partial charge in [0.15, 0.2) is 0 Å². The minimum atomic E-state index is 0.0175. The van der Waals surface area contributed by atoms with Gasteiger partial charge < -0.3 is 5.32 Å². The van der Waals surface area contributed by atoms with E-state index in [-0.39, 0.29) is 11.9 Å². The van der Waals surface area contributed by atoms with E-state index in [9.17, 15) is 4.79 Å². The number of hydrogen-bond acceptors (Lipinski definition) is 1. The lowest BCUT2D eigenvalue weighted by atomic mass is 10.2. The Morgan fingerprint density at radius 2 is 1.94 bits per heavy atom. The minimum absolute atomic E-state index is 0.0175. The van der Waals surface area contributed by atoms with Gasteiger partial charge >= 0.3 is 0 Å². The summed E-state index contributed by atoms with van der Waals surface area (Å²) in [5.74, 6) is 0.0175. The molecule has 4 heteroatoms. The van der Waals surface area contributed by atoms with Gasteiger partial charge in [0, 0.05) is 20.9 Å². The SMILES string of the molecule is O=C(NC1CCCC1Br)c1ccc(Br)cc1. The predicted molar refractivity (Wildman–Crippen MR) is 72.0 cm³/mol. The van der Waals surface area contributed by atoms with Gasteiger partial charge in [-0.3, -0.25) is 4.79 Å². The molecule has 1 saturated carbocycles. The van der Waals surface area contributed by atoms with Crippen LogP contribution in [0.15, 0.2) is 28.7 Å². The first-order valence-electron chi connectivity index (χ1n) is 5.37. The van der Waals surface area contributed by atoms with Gasteiger partial charge in [-0.15, -0.1) is 0 Å². The Labute approximate surface area is 112 Å². The van der Waals surface area contributed by atoms with Gasteiger partial charge in [0.05, 0.1) is 0 Å². The summed E-state index contributed by atoms with van der Waals surface area (Å²) in [5, 5.41) is 3.06. The van der Waals surface area contributed by atoms with Crippen molar-refractivity contribution in [3.05, 3.63) is 34.3 Å². The zero-order valence-electron chi connectivity index (χ0n) is 8.75. The van der Waals surface area contributed by atoms with Crippen LogP contribution in [0, 0.1) is 0 Å². The molecule has 0 radical (unpaired) electrons. The highest BCUT2D eigenvalue weighted by molar-refractivity contribution is 9.10. The Bertz CT molecular complexity index is 377. The third kappa shape index (κ3) is 2.86. The van der Waals surface area contributed by atoms with Gasteiger partial charge in [-0.05, 0) is 37.1 Å². The molecule has 86 valence electrons. The van der Waals surface area contributed by atoms with E-state index in [1.54, 1.807) is 0 Å². The van der Waals surface area contributed by atoms with Crippen molar-refractivity contribution in [3.63, 3.8) is 0 Å². The molecule has 0 spiro atoms. The van der Waals surface area contributed by atoms with Crippen molar-refractivity contribution in [2.75, 3.05) is 0 Å². The average Bonchev–Trinajstić information content (AvgIpc) is 2.65. The van der Waals surface area contributed by atoms with Crippen molar-refractivity contribution >= 4 is 37.8 Å². The van der Waals surface area contributed by atoms with Gasteiger partial charge in [-0.2, -0.15) is 0 Å². The van der Waals surface area contributed by atoms with Crippen LogP contribution in [0.4, 0.5) is 0 Å². The highest BCUT2D eigenvalue weighted by Gasteiger charge is 2.26. The molecule has 0 heterocycles. The average molecular weight is 347 g/mol. The van der Waals surface area contributed by atoms with Crippen LogP contribution < -0.4 is 5.32 Å². The second kappa shape index (κ2) is 5.32. The molecule has 0 aliphatic heterocycles. The maximum atomic E-state index is 11.9. The second-order valence-electron chi connectivity index (χ2n) is 4.03. The van der Waals surface area contributed by atoms with E-state index in [2.05, 4.69) is 37.2 Å². The largest absolute Gasteiger partial charge is 0.348 e. The Hall–Kier alpha value is -0.350. The predicted octanol–water partition coefficient (Wildman–Crippen LogP) is 3.49. The van der Waals surface area contributed by atoms with E-state index in [0.29, 0.717) is 4.83 Å². The highest BCUT2D eigenvalue weighted by Crippen LogP contribution is 2.25. The zero-order chi connectivity index (χ0) is 11.5. The first kappa shape index (κ1) is 12.1. The summed E-state index contributed by atoms with van der Waals surface area (Å²) in [5.41, 5.74) is 0.717. The van der Waals surface area contributed by atoms with E-state index >= 15 is 0 Å². The van der Waals surface area contributed by atoms with Crippen LogP contribution in [-0.2, 0) is 0 Å². The highest BCUT2D eigenvalue weighted by atomic mass is 79.9. The maximum Gasteiger partial charge on any atom is 0.251 e. The molecule has 2 atom stereocenters. The van der Waals surface area contributed by atoms with Gasteiger partial charge in [-0.1, -0.05) is 38.3 Å². The quantitative estimate of drug-likeness (QED) is 0.816. The molecule has 1 aromatic carbocycles. The number of benzene rings is 1. The fraction of sp³-hybridized carbons (Fsp3) is 0.417. The van der Waals surface area contributed by atoms with Crippen molar-refractivity contribution in [1.82, 2.24) is 5.32 Å². The molecule has 1 amide bonds. The first-order chi connectivity index (χ1) is 7.66. The van der Waals surface area contributed by atoms with Crippen molar-refractivity contribution in [2.24, 2.45) is 0 Å².